The Balaban J connectivity index is 1.87. The lowest BCUT2D eigenvalue weighted by atomic mass is 10.1. The molecule has 0 saturated heterocycles. The van der Waals surface area contributed by atoms with Crippen LogP contribution in [0.1, 0.15) is 27.0 Å². The normalized spacial score (nSPS) is 13.3. The van der Waals surface area contributed by atoms with Gasteiger partial charge in [-0.2, -0.15) is 0 Å². The van der Waals surface area contributed by atoms with Crippen LogP contribution in [0.25, 0.3) is 0 Å². The van der Waals surface area contributed by atoms with E-state index in [1.807, 2.05) is 39.0 Å². The summed E-state index contributed by atoms with van der Waals surface area (Å²) in [6.45, 7) is 5.86. The van der Waals surface area contributed by atoms with Crippen LogP contribution in [0.5, 0.6) is 5.75 Å². The van der Waals surface area contributed by atoms with Crippen molar-refractivity contribution in [2.75, 3.05) is 11.1 Å². The third kappa shape index (κ3) is 3.24. The Morgan fingerprint density at radius 1 is 1.13 bits per heavy atom. The van der Waals surface area contributed by atoms with Gasteiger partial charge in [-0.05, 0) is 50.1 Å². The maximum atomic E-state index is 12.4. The molecule has 0 spiro atoms. The van der Waals surface area contributed by atoms with Gasteiger partial charge in [-0.3, -0.25) is 4.79 Å². The molecule has 118 valence electrons. The van der Waals surface area contributed by atoms with E-state index in [0.29, 0.717) is 22.8 Å². The van der Waals surface area contributed by atoms with Gasteiger partial charge in [-0.1, -0.05) is 17.7 Å². The Morgan fingerprint density at radius 3 is 2.52 bits per heavy atom. The summed E-state index contributed by atoms with van der Waals surface area (Å²) < 4.78 is 5.58. The quantitative estimate of drug-likeness (QED) is 0.672. The SMILES string of the molecule is Cc1cc(C)c(OC(=O)c2ccc3c(c2)NC(=O)CS3)c(C)c1. The summed E-state index contributed by atoms with van der Waals surface area (Å²) in [5.41, 5.74) is 4.08. The smallest absolute Gasteiger partial charge is 0.343 e. The summed E-state index contributed by atoms with van der Waals surface area (Å²) in [6.07, 6.45) is 0. The predicted octanol–water partition coefficient (Wildman–Crippen LogP) is 3.88. The van der Waals surface area contributed by atoms with Crippen molar-refractivity contribution in [3.8, 4) is 5.75 Å². The van der Waals surface area contributed by atoms with E-state index >= 15 is 0 Å². The monoisotopic (exact) mass is 327 g/mol. The molecule has 5 heteroatoms. The van der Waals surface area contributed by atoms with Gasteiger partial charge in [0.1, 0.15) is 5.75 Å². The number of benzene rings is 2. The Labute approximate surface area is 139 Å². The number of hydrogen-bond donors (Lipinski definition) is 1. The molecule has 1 N–H and O–H groups in total. The lowest BCUT2D eigenvalue weighted by Gasteiger charge is -2.17. The van der Waals surface area contributed by atoms with Gasteiger partial charge in [0, 0.05) is 4.90 Å². The van der Waals surface area contributed by atoms with E-state index in [0.717, 1.165) is 21.6 Å². The third-order valence-electron chi connectivity index (χ3n) is 3.65. The molecule has 1 aliphatic rings. The molecule has 0 aromatic heterocycles. The highest BCUT2D eigenvalue weighted by Crippen LogP contribution is 2.32. The van der Waals surface area contributed by atoms with Crippen LogP contribution in [0.4, 0.5) is 5.69 Å². The van der Waals surface area contributed by atoms with Gasteiger partial charge in [-0.25, -0.2) is 4.79 Å². The summed E-state index contributed by atoms with van der Waals surface area (Å²) >= 11 is 1.46. The molecule has 1 heterocycles. The summed E-state index contributed by atoms with van der Waals surface area (Å²) in [4.78, 5) is 24.9. The number of nitrogens with one attached hydrogen (secondary N) is 1. The van der Waals surface area contributed by atoms with Gasteiger partial charge >= 0.3 is 5.97 Å². The molecule has 0 atom stereocenters. The standard InChI is InChI=1S/C18H17NO3S/c1-10-6-11(2)17(12(3)7-10)22-18(21)13-4-5-15-14(8-13)19-16(20)9-23-15/h4-8H,9H2,1-3H3,(H,19,20). The van der Waals surface area contributed by atoms with Crippen LogP contribution < -0.4 is 10.1 Å². The van der Waals surface area contributed by atoms with Crippen molar-refractivity contribution in [3.05, 3.63) is 52.6 Å². The second-order valence-electron chi connectivity index (χ2n) is 5.67. The minimum atomic E-state index is -0.423. The van der Waals surface area contributed by atoms with Crippen LogP contribution >= 0.6 is 11.8 Å². The Hall–Kier alpha value is -2.27. The molecule has 0 bridgehead atoms. The maximum absolute atomic E-state index is 12.4. The first-order valence-corrected chi connectivity index (χ1v) is 8.29. The van der Waals surface area contributed by atoms with Gasteiger partial charge in [0.2, 0.25) is 5.91 Å². The molecule has 2 aromatic carbocycles. The van der Waals surface area contributed by atoms with E-state index in [4.69, 9.17) is 4.74 Å². The number of carbonyl (C=O) groups is 2. The van der Waals surface area contributed by atoms with E-state index in [1.54, 1.807) is 12.1 Å². The zero-order chi connectivity index (χ0) is 16.6. The summed E-state index contributed by atoms with van der Waals surface area (Å²) in [5, 5.41) is 2.78. The average molecular weight is 327 g/mol. The van der Waals surface area contributed by atoms with Crippen LogP contribution in [0.15, 0.2) is 35.2 Å². The van der Waals surface area contributed by atoms with E-state index in [1.165, 1.54) is 11.8 Å². The Bertz CT molecular complexity index is 791. The fourth-order valence-corrected chi connectivity index (χ4v) is 3.48. The number of carbonyl (C=O) groups excluding carboxylic acids is 2. The van der Waals surface area contributed by atoms with Crippen LogP contribution in [0, 0.1) is 20.8 Å². The number of ether oxygens (including phenoxy) is 1. The summed E-state index contributed by atoms with van der Waals surface area (Å²) in [7, 11) is 0. The molecule has 0 unspecified atom stereocenters. The number of fused-ring (bicyclic) bond motifs is 1. The lowest BCUT2D eigenvalue weighted by Crippen LogP contribution is -2.19. The van der Waals surface area contributed by atoms with Crippen molar-refractivity contribution in [2.45, 2.75) is 25.7 Å². The fraction of sp³-hybridized carbons (Fsp3) is 0.222. The number of rotatable bonds is 2. The molecular weight excluding hydrogens is 310 g/mol. The van der Waals surface area contributed by atoms with Crippen LogP contribution in [0.3, 0.4) is 0 Å². The molecule has 0 fully saturated rings. The molecule has 3 rings (SSSR count). The van der Waals surface area contributed by atoms with E-state index in [9.17, 15) is 9.59 Å². The van der Waals surface area contributed by atoms with Crippen LogP contribution in [-0.2, 0) is 4.79 Å². The highest BCUT2D eigenvalue weighted by molar-refractivity contribution is 8.00. The number of hydrogen-bond acceptors (Lipinski definition) is 4. The van der Waals surface area contributed by atoms with Crippen LogP contribution in [-0.4, -0.2) is 17.6 Å². The number of aryl methyl sites for hydroxylation is 3. The topological polar surface area (TPSA) is 55.4 Å². The number of amides is 1. The van der Waals surface area contributed by atoms with Crippen molar-refractivity contribution in [1.82, 2.24) is 0 Å². The molecule has 4 nitrogen and oxygen atoms in total. The molecule has 23 heavy (non-hydrogen) atoms. The Kier molecular flexibility index (Phi) is 4.13. The van der Waals surface area contributed by atoms with Gasteiger partial charge in [0.15, 0.2) is 0 Å². The first kappa shape index (κ1) is 15.6. The minimum Gasteiger partial charge on any atom is -0.422 e. The van der Waals surface area contributed by atoms with Crippen molar-refractivity contribution in [2.24, 2.45) is 0 Å². The van der Waals surface area contributed by atoms with Crippen molar-refractivity contribution in [3.63, 3.8) is 0 Å². The van der Waals surface area contributed by atoms with Crippen molar-refractivity contribution in [1.29, 1.82) is 0 Å². The Morgan fingerprint density at radius 2 is 1.83 bits per heavy atom. The lowest BCUT2D eigenvalue weighted by molar-refractivity contribution is -0.113. The zero-order valence-corrected chi connectivity index (χ0v) is 14.0. The molecule has 1 amide bonds. The van der Waals surface area contributed by atoms with Gasteiger partial charge in [0.05, 0.1) is 17.0 Å². The molecule has 0 saturated carbocycles. The molecular formula is C18H17NO3S. The highest BCUT2D eigenvalue weighted by atomic mass is 32.2. The maximum Gasteiger partial charge on any atom is 0.343 e. The minimum absolute atomic E-state index is 0.0572. The highest BCUT2D eigenvalue weighted by Gasteiger charge is 2.19. The number of esters is 1. The molecule has 0 radical (unpaired) electrons. The van der Waals surface area contributed by atoms with Crippen LogP contribution in [0.2, 0.25) is 0 Å². The van der Waals surface area contributed by atoms with E-state index in [2.05, 4.69) is 5.32 Å². The summed E-state index contributed by atoms with van der Waals surface area (Å²) in [5.74, 6) is 0.515. The number of thioether (sulfide) groups is 1. The largest absolute Gasteiger partial charge is 0.422 e. The van der Waals surface area contributed by atoms with Gasteiger partial charge in [-0.15, -0.1) is 11.8 Å². The summed E-state index contributed by atoms with van der Waals surface area (Å²) in [6, 6.07) is 9.20. The van der Waals surface area contributed by atoms with E-state index < -0.39 is 5.97 Å². The van der Waals surface area contributed by atoms with Gasteiger partial charge in [0.25, 0.3) is 0 Å². The van der Waals surface area contributed by atoms with E-state index in [-0.39, 0.29) is 5.91 Å². The zero-order valence-electron chi connectivity index (χ0n) is 13.2. The van der Waals surface area contributed by atoms with Crippen molar-refractivity contribution < 1.29 is 14.3 Å². The second kappa shape index (κ2) is 6.08. The number of anilines is 1. The second-order valence-corrected chi connectivity index (χ2v) is 6.68. The third-order valence-corrected chi connectivity index (χ3v) is 4.72. The fourth-order valence-electron chi connectivity index (χ4n) is 2.69. The molecule has 2 aromatic rings. The molecule has 0 aliphatic carbocycles. The molecule has 1 aliphatic heterocycles. The predicted molar refractivity (Wildman–Crippen MR) is 91.4 cm³/mol. The first-order valence-electron chi connectivity index (χ1n) is 7.31. The average Bonchev–Trinajstić information content (AvgIpc) is 2.49. The van der Waals surface area contributed by atoms with Crippen molar-refractivity contribution >= 4 is 29.3 Å². The van der Waals surface area contributed by atoms with Gasteiger partial charge < -0.3 is 10.1 Å². The first-order chi connectivity index (χ1) is 10.9.